The van der Waals surface area contributed by atoms with Gasteiger partial charge in [0.15, 0.2) is 11.0 Å². The van der Waals surface area contributed by atoms with E-state index < -0.39 is 0 Å². The number of thioether (sulfide) groups is 1. The molecule has 0 aliphatic carbocycles. The van der Waals surface area contributed by atoms with Crippen molar-refractivity contribution in [3.05, 3.63) is 58.6 Å². The first-order valence-corrected chi connectivity index (χ1v) is 10.2. The van der Waals surface area contributed by atoms with Gasteiger partial charge in [-0.1, -0.05) is 47.6 Å². The predicted molar refractivity (Wildman–Crippen MR) is 110 cm³/mol. The number of carbonyl (C=O) groups is 1. The normalized spacial score (nSPS) is 16.1. The number of ether oxygens (including phenoxy) is 1. The summed E-state index contributed by atoms with van der Waals surface area (Å²) in [6, 6.07) is 13.9. The first kappa shape index (κ1) is 18.8. The van der Waals surface area contributed by atoms with Crippen LogP contribution in [0.5, 0.6) is 0 Å². The maximum atomic E-state index is 11.3. The Morgan fingerprint density at radius 2 is 2.07 bits per heavy atom. The number of aryl methyl sites for hydroxylation is 2. The average Bonchev–Trinajstić information content (AvgIpc) is 3.28. The van der Waals surface area contributed by atoms with Gasteiger partial charge in [-0.25, -0.2) is 4.79 Å². The standard InChI is InChI=1S/C20H19ClN4O2S/c1-12-7-8-13(2)17(9-12)25-18(15-5-3-4-6-16(15)21)23-24-19(25)28-11-14-10-22-20(26)27-14/h3-9,14H,10-11H2,1-2H3,(H,22,26)/t14-/m0/s1. The summed E-state index contributed by atoms with van der Waals surface area (Å²) >= 11 is 7.95. The summed E-state index contributed by atoms with van der Waals surface area (Å²) in [5, 5.41) is 12.9. The van der Waals surface area contributed by atoms with Crippen LogP contribution in [0.4, 0.5) is 4.79 Å². The number of rotatable bonds is 5. The van der Waals surface area contributed by atoms with Crippen LogP contribution in [0.25, 0.3) is 17.1 Å². The van der Waals surface area contributed by atoms with Gasteiger partial charge in [-0.05, 0) is 43.2 Å². The summed E-state index contributed by atoms with van der Waals surface area (Å²) in [6.07, 6.45) is -0.566. The van der Waals surface area contributed by atoms with Crippen LogP contribution in [-0.4, -0.2) is 39.3 Å². The lowest BCUT2D eigenvalue weighted by Gasteiger charge is -2.15. The zero-order chi connectivity index (χ0) is 19.7. The highest BCUT2D eigenvalue weighted by Crippen LogP contribution is 2.33. The third kappa shape index (κ3) is 3.72. The van der Waals surface area contributed by atoms with E-state index in [1.54, 1.807) is 0 Å². The number of cyclic esters (lactones) is 1. The number of nitrogens with one attached hydrogen (secondary N) is 1. The molecule has 1 fully saturated rings. The van der Waals surface area contributed by atoms with Crippen LogP contribution in [-0.2, 0) is 4.74 Å². The molecule has 1 N–H and O–H groups in total. The van der Waals surface area contributed by atoms with Gasteiger partial charge in [-0.15, -0.1) is 10.2 Å². The van der Waals surface area contributed by atoms with Crippen molar-refractivity contribution < 1.29 is 9.53 Å². The summed E-state index contributed by atoms with van der Waals surface area (Å²) in [7, 11) is 0. The van der Waals surface area contributed by atoms with Crippen molar-refractivity contribution >= 4 is 29.5 Å². The third-order valence-electron chi connectivity index (χ3n) is 4.50. The minimum atomic E-state index is -0.377. The fourth-order valence-electron chi connectivity index (χ4n) is 3.05. The largest absolute Gasteiger partial charge is 0.443 e. The van der Waals surface area contributed by atoms with Gasteiger partial charge in [0.25, 0.3) is 0 Å². The molecule has 1 saturated heterocycles. The Bertz CT molecular complexity index is 1040. The second kappa shape index (κ2) is 7.85. The number of carbonyl (C=O) groups excluding carboxylic acids is 1. The lowest BCUT2D eigenvalue weighted by atomic mass is 10.1. The van der Waals surface area contributed by atoms with E-state index >= 15 is 0 Å². The number of aromatic nitrogens is 3. The van der Waals surface area contributed by atoms with Gasteiger partial charge in [0.05, 0.1) is 17.3 Å². The van der Waals surface area contributed by atoms with Gasteiger partial charge >= 0.3 is 6.09 Å². The molecule has 0 spiro atoms. The molecule has 2 aromatic carbocycles. The van der Waals surface area contributed by atoms with E-state index in [4.69, 9.17) is 16.3 Å². The van der Waals surface area contributed by atoms with Crippen LogP contribution in [0.1, 0.15) is 11.1 Å². The van der Waals surface area contributed by atoms with Gasteiger partial charge in [0.2, 0.25) is 0 Å². The maximum absolute atomic E-state index is 11.3. The van der Waals surface area contributed by atoms with Gasteiger partial charge in [0.1, 0.15) is 6.10 Å². The van der Waals surface area contributed by atoms with Crippen LogP contribution < -0.4 is 5.32 Å². The van der Waals surface area contributed by atoms with Gasteiger partial charge in [-0.2, -0.15) is 0 Å². The number of nitrogens with zero attached hydrogens (tertiary/aromatic N) is 3. The zero-order valence-corrected chi connectivity index (χ0v) is 17.0. The van der Waals surface area contributed by atoms with Crippen molar-refractivity contribution in [2.24, 2.45) is 0 Å². The van der Waals surface area contributed by atoms with E-state index in [9.17, 15) is 4.79 Å². The molecular formula is C20H19ClN4O2S. The van der Waals surface area contributed by atoms with E-state index in [1.165, 1.54) is 11.8 Å². The number of hydrogen-bond acceptors (Lipinski definition) is 5. The van der Waals surface area contributed by atoms with Crippen molar-refractivity contribution in [1.29, 1.82) is 0 Å². The monoisotopic (exact) mass is 414 g/mol. The highest BCUT2D eigenvalue weighted by Gasteiger charge is 2.25. The highest BCUT2D eigenvalue weighted by atomic mass is 35.5. The molecule has 1 aliphatic rings. The van der Waals surface area contributed by atoms with E-state index in [1.807, 2.05) is 28.8 Å². The first-order chi connectivity index (χ1) is 13.5. The number of halogens is 1. The van der Waals surface area contributed by atoms with Crippen molar-refractivity contribution in [3.8, 4) is 17.1 Å². The van der Waals surface area contributed by atoms with E-state index in [0.717, 1.165) is 27.5 Å². The third-order valence-corrected chi connectivity index (χ3v) is 5.89. The Kier molecular flexibility index (Phi) is 5.28. The van der Waals surface area contributed by atoms with Crippen molar-refractivity contribution in [3.63, 3.8) is 0 Å². The molecule has 144 valence electrons. The predicted octanol–water partition coefficient (Wildman–Crippen LogP) is 4.41. The highest BCUT2D eigenvalue weighted by molar-refractivity contribution is 7.99. The lowest BCUT2D eigenvalue weighted by molar-refractivity contribution is 0.150. The lowest BCUT2D eigenvalue weighted by Crippen LogP contribution is -2.17. The number of amides is 1. The van der Waals surface area contributed by atoms with Gasteiger partial charge in [-0.3, -0.25) is 4.57 Å². The molecule has 4 rings (SSSR count). The molecule has 1 aliphatic heterocycles. The minimum Gasteiger partial charge on any atom is -0.443 e. The smallest absolute Gasteiger partial charge is 0.407 e. The van der Waals surface area contributed by atoms with Gasteiger partial charge in [0, 0.05) is 11.3 Å². The van der Waals surface area contributed by atoms with Crippen LogP contribution in [0.2, 0.25) is 5.02 Å². The van der Waals surface area contributed by atoms with Crippen LogP contribution in [0.15, 0.2) is 47.6 Å². The molecule has 8 heteroatoms. The Morgan fingerprint density at radius 3 is 2.82 bits per heavy atom. The number of alkyl carbamates (subject to hydrolysis) is 1. The van der Waals surface area contributed by atoms with E-state index in [-0.39, 0.29) is 12.2 Å². The summed E-state index contributed by atoms with van der Waals surface area (Å²) in [4.78, 5) is 11.3. The van der Waals surface area contributed by atoms with Crippen molar-refractivity contribution in [2.45, 2.75) is 25.1 Å². The van der Waals surface area contributed by atoms with E-state index in [0.29, 0.717) is 23.1 Å². The molecule has 0 bridgehead atoms. The molecule has 0 radical (unpaired) electrons. The molecule has 1 atom stereocenters. The molecule has 2 heterocycles. The fraction of sp³-hybridized carbons (Fsp3) is 0.250. The molecule has 1 amide bonds. The summed E-state index contributed by atoms with van der Waals surface area (Å²) < 4.78 is 7.26. The fourth-order valence-corrected chi connectivity index (χ4v) is 4.20. The van der Waals surface area contributed by atoms with Gasteiger partial charge < -0.3 is 10.1 Å². The minimum absolute atomic E-state index is 0.190. The summed E-state index contributed by atoms with van der Waals surface area (Å²) in [5.41, 5.74) is 4.07. The van der Waals surface area contributed by atoms with Crippen molar-refractivity contribution in [1.82, 2.24) is 20.1 Å². The molecular weight excluding hydrogens is 396 g/mol. The maximum Gasteiger partial charge on any atom is 0.407 e. The molecule has 0 saturated carbocycles. The topological polar surface area (TPSA) is 69.0 Å². The summed E-state index contributed by atoms with van der Waals surface area (Å²) in [6.45, 7) is 4.61. The summed E-state index contributed by atoms with van der Waals surface area (Å²) in [5.74, 6) is 1.27. The molecule has 28 heavy (non-hydrogen) atoms. The molecule has 0 unspecified atom stereocenters. The number of hydrogen-bond donors (Lipinski definition) is 1. The Balaban J connectivity index is 1.77. The average molecular weight is 415 g/mol. The molecule has 6 nitrogen and oxygen atoms in total. The Labute approximate surface area is 172 Å². The first-order valence-electron chi connectivity index (χ1n) is 8.88. The SMILES string of the molecule is Cc1ccc(C)c(-n2c(SC[C@@H]3CNC(=O)O3)nnc2-c2ccccc2Cl)c1. The second-order valence-electron chi connectivity index (χ2n) is 6.63. The van der Waals surface area contributed by atoms with E-state index in [2.05, 4.69) is 47.6 Å². The Hall–Kier alpha value is -2.51. The molecule has 3 aromatic rings. The van der Waals surface area contributed by atoms with Crippen LogP contribution in [0, 0.1) is 13.8 Å². The van der Waals surface area contributed by atoms with Crippen molar-refractivity contribution in [2.75, 3.05) is 12.3 Å². The Morgan fingerprint density at radius 1 is 1.25 bits per heavy atom. The molecule has 1 aromatic heterocycles. The zero-order valence-electron chi connectivity index (χ0n) is 15.5. The number of benzene rings is 2. The van der Waals surface area contributed by atoms with Crippen LogP contribution in [0.3, 0.4) is 0 Å². The quantitative estimate of drug-likeness (QED) is 0.626. The van der Waals surface area contributed by atoms with Crippen LogP contribution >= 0.6 is 23.4 Å². The second-order valence-corrected chi connectivity index (χ2v) is 8.02.